The predicted molar refractivity (Wildman–Crippen MR) is 113 cm³/mol. The predicted octanol–water partition coefficient (Wildman–Crippen LogP) is 4.06. The Labute approximate surface area is 179 Å². The summed E-state index contributed by atoms with van der Waals surface area (Å²) < 4.78 is 26.4. The minimum absolute atomic E-state index is 0.00722. The van der Waals surface area contributed by atoms with Gasteiger partial charge < -0.3 is 33.5 Å². The molecule has 0 saturated carbocycles. The van der Waals surface area contributed by atoms with Gasteiger partial charge in [-0.1, -0.05) is 5.16 Å². The third-order valence-electron chi connectivity index (χ3n) is 4.22. The summed E-state index contributed by atoms with van der Waals surface area (Å²) in [6.07, 6.45) is 0. The van der Waals surface area contributed by atoms with E-state index in [-0.39, 0.29) is 41.9 Å². The summed E-state index contributed by atoms with van der Waals surface area (Å²) in [5, 5.41) is 14.6. The molecule has 0 aliphatic carbocycles. The Morgan fingerprint density at radius 3 is 2.52 bits per heavy atom. The number of nitrogens with zero attached hydrogens (tertiary/aromatic N) is 2. The summed E-state index contributed by atoms with van der Waals surface area (Å²) in [5.74, 6) is 0.214. The Kier molecular flexibility index (Phi) is 6.99. The highest BCUT2D eigenvalue weighted by atomic mass is 16.7. The molecule has 0 aliphatic rings. The molecule has 9 heteroatoms. The number of hydrogen-bond donors (Lipinski definition) is 1. The molecule has 0 atom stereocenters. The number of phenolic OH excluding ortho intramolecular Hbond substituents is 1. The zero-order chi connectivity index (χ0) is 22.4. The summed E-state index contributed by atoms with van der Waals surface area (Å²) >= 11 is 0. The van der Waals surface area contributed by atoms with Crippen molar-refractivity contribution >= 4 is 11.7 Å². The summed E-state index contributed by atoms with van der Waals surface area (Å²) in [7, 11) is 5.37. The molecule has 0 saturated heterocycles. The van der Waals surface area contributed by atoms with Crippen LogP contribution in [0.5, 0.6) is 23.0 Å². The molecular formula is C22H24N2O7. The Hall–Kier alpha value is -3.72. The fraction of sp³-hybridized carbons (Fsp3) is 0.273. The van der Waals surface area contributed by atoms with Gasteiger partial charge >= 0.3 is 5.97 Å². The van der Waals surface area contributed by atoms with Crippen molar-refractivity contribution in [3.8, 4) is 34.3 Å². The number of ether oxygens (including phenoxy) is 4. The lowest BCUT2D eigenvalue weighted by atomic mass is 10.1. The first-order chi connectivity index (χ1) is 14.9. The smallest absolute Gasteiger partial charge is 0.377 e. The average Bonchev–Trinajstić information content (AvgIpc) is 3.22. The van der Waals surface area contributed by atoms with Crippen LogP contribution in [0.25, 0.3) is 11.3 Å². The largest absolute Gasteiger partial charge is 0.507 e. The summed E-state index contributed by atoms with van der Waals surface area (Å²) in [5.41, 5.74) is 1.45. The quantitative estimate of drug-likeness (QED) is 0.399. The Bertz CT molecular complexity index is 1030. The van der Waals surface area contributed by atoms with Crippen molar-refractivity contribution in [3.05, 3.63) is 48.2 Å². The van der Waals surface area contributed by atoms with E-state index in [1.165, 1.54) is 19.2 Å². The number of methoxy groups -OCH3 is 1. The van der Waals surface area contributed by atoms with Crippen molar-refractivity contribution < 1.29 is 33.4 Å². The van der Waals surface area contributed by atoms with Crippen molar-refractivity contribution in [3.63, 3.8) is 0 Å². The number of carbonyl (C=O) groups is 1. The lowest BCUT2D eigenvalue weighted by molar-refractivity contribution is 0.0479. The SMILES string of the molecule is CCOC(=O)c1cc(-c2c(O)cc(OCOC)cc2Oc2ccc(N(C)C)cc2)no1. The number of benzene rings is 2. The number of aromatic hydroxyl groups is 1. The second-order valence-corrected chi connectivity index (χ2v) is 6.65. The van der Waals surface area contributed by atoms with E-state index in [1.54, 1.807) is 25.1 Å². The van der Waals surface area contributed by atoms with Gasteiger partial charge in [0.2, 0.25) is 5.76 Å². The zero-order valence-corrected chi connectivity index (χ0v) is 17.7. The Balaban J connectivity index is 2.00. The van der Waals surface area contributed by atoms with Crippen LogP contribution in [0.3, 0.4) is 0 Å². The van der Waals surface area contributed by atoms with Gasteiger partial charge in [-0.05, 0) is 31.2 Å². The molecule has 164 valence electrons. The normalized spacial score (nSPS) is 10.6. The third kappa shape index (κ3) is 5.26. The second-order valence-electron chi connectivity index (χ2n) is 6.65. The topological polar surface area (TPSA) is 103 Å². The molecule has 0 unspecified atom stereocenters. The molecule has 0 amide bonds. The van der Waals surface area contributed by atoms with Crippen LogP contribution in [0.4, 0.5) is 5.69 Å². The summed E-state index contributed by atoms with van der Waals surface area (Å²) in [6, 6.07) is 11.8. The van der Waals surface area contributed by atoms with E-state index in [0.29, 0.717) is 11.5 Å². The van der Waals surface area contributed by atoms with Crippen LogP contribution in [-0.4, -0.2) is 50.8 Å². The summed E-state index contributed by atoms with van der Waals surface area (Å²) in [6.45, 7) is 1.88. The molecule has 31 heavy (non-hydrogen) atoms. The molecule has 0 aliphatic heterocycles. The van der Waals surface area contributed by atoms with E-state index in [9.17, 15) is 9.90 Å². The van der Waals surface area contributed by atoms with Crippen LogP contribution < -0.4 is 14.4 Å². The number of carbonyl (C=O) groups excluding carboxylic acids is 1. The number of hydrogen-bond acceptors (Lipinski definition) is 9. The minimum Gasteiger partial charge on any atom is -0.507 e. The van der Waals surface area contributed by atoms with E-state index in [1.807, 2.05) is 31.1 Å². The molecule has 9 nitrogen and oxygen atoms in total. The Morgan fingerprint density at radius 2 is 1.87 bits per heavy atom. The van der Waals surface area contributed by atoms with Crippen molar-refractivity contribution in [2.45, 2.75) is 6.92 Å². The number of esters is 1. The van der Waals surface area contributed by atoms with Gasteiger partial charge in [-0.25, -0.2) is 4.79 Å². The molecule has 0 bridgehead atoms. The fourth-order valence-corrected chi connectivity index (χ4v) is 2.76. The van der Waals surface area contributed by atoms with E-state index in [0.717, 1.165) is 5.69 Å². The highest BCUT2D eigenvalue weighted by molar-refractivity contribution is 5.88. The average molecular weight is 428 g/mol. The molecule has 3 rings (SSSR count). The minimum atomic E-state index is -0.650. The van der Waals surface area contributed by atoms with Crippen LogP contribution in [0.15, 0.2) is 47.0 Å². The lowest BCUT2D eigenvalue weighted by Gasteiger charge is -2.15. The monoisotopic (exact) mass is 428 g/mol. The van der Waals surface area contributed by atoms with Crippen LogP contribution >= 0.6 is 0 Å². The Morgan fingerprint density at radius 1 is 1.13 bits per heavy atom. The number of phenols is 1. The van der Waals surface area contributed by atoms with Crippen LogP contribution in [-0.2, 0) is 9.47 Å². The van der Waals surface area contributed by atoms with Gasteiger partial charge in [0.15, 0.2) is 6.79 Å². The van der Waals surface area contributed by atoms with E-state index in [2.05, 4.69) is 5.16 Å². The third-order valence-corrected chi connectivity index (χ3v) is 4.22. The standard InChI is InChI=1S/C22H24N2O7/c1-5-28-22(26)20-12-17(23-31-20)21-18(25)10-16(29-13-27-4)11-19(21)30-15-8-6-14(7-9-15)24(2)3/h6-12,25H,5,13H2,1-4H3. The molecular weight excluding hydrogens is 404 g/mol. The molecule has 0 fully saturated rings. The highest BCUT2D eigenvalue weighted by Crippen LogP contribution is 2.43. The molecule has 0 spiro atoms. The molecule has 1 heterocycles. The van der Waals surface area contributed by atoms with Crippen LogP contribution in [0.2, 0.25) is 0 Å². The van der Waals surface area contributed by atoms with Gasteiger partial charge in [-0.2, -0.15) is 0 Å². The van der Waals surface area contributed by atoms with Gasteiger partial charge in [-0.3, -0.25) is 0 Å². The number of anilines is 1. The molecule has 0 radical (unpaired) electrons. The first-order valence-corrected chi connectivity index (χ1v) is 9.51. The van der Waals surface area contributed by atoms with Gasteiger partial charge in [0.25, 0.3) is 0 Å². The maximum Gasteiger partial charge on any atom is 0.377 e. The number of aromatic nitrogens is 1. The van der Waals surface area contributed by atoms with Gasteiger partial charge in [0.1, 0.15) is 28.7 Å². The van der Waals surface area contributed by atoms with Gasteiger partial charge in [0.05, 0.1) is 12.2 Å². The first-order valence-electron chi connectivity index (χ1n) is 9.51. The maximum atomic E-state index is 11.9. The van der Waals surface area contributed by atoms with Crippen molar-refractivity contribution in [2.24, 2.45) is 0 Å². The molecule has 2 aromatic carbocycles. The van der Waals surface area contributed by atoms with Crippen molar-refractivity contribution in [2.75, 3.05) is 39.5 Å². The zero-order valence-electron chi connectivity index (χ0n) is 17.7. The van der Waals surface area contributed by atoms with Crippen molar-refractivity contribution in [1.82, 2.24) is 5.16 Å². The second kappa shape index (κ2) is 9.86. The maximum absolute atomic E-state index is 11.9. The van der Waals surface area contributed by atoms with Gasteiger partial charge in [-0.15, -0.1) is 0 Å². The van der Waals surface area contributed by atoms with Crippen LogP contribution in [0, 0.1) is 0 Å². The van der Waals surface area contributed by atoms with Crippen LogP contribution in [0.1, 0.15) is 17.5 Å². The fourth-order valence-electron chi connectivity index (χ4n) is 2.76. The highest BCUT2D eigenvalue weighted by Gasteiger charge is 2.22. The first kappa shape index (κ1) is 22.0. The molecule has 3 aromatic rings. The molecule has 1 N–H and O–H groups in total. The van der Waals surface area contributed by atoms with Gasteiger partial charge in [0, 0.05) is 45.1 Å². The van der Waals surface area contributed by atoms with E-state index in [4.69, 9.17) is 23.5 Å². The summed E-state index contributed by atoms with van der Waals surface area (Å²) in [4.78, 5) is 13.9. The van der Waals surface area contributed by atoms with Crippen molar-refractivity contribution in [1.29, 1.82) is 0 Å². The van der Waals surface area contributed by atoms with E-state index >= 15 is 0 Å². The van der Waals surface area contributed by atoms with E-state index < -0.39 is 5.97 Å². The number of rotatable bonds is 9. The lowest BCUT2D eigenvalue weighted by Crippen LogP contribution is -2.07. The molecule has 1 aromatic heterocycles.